The molecule has 130 valence electrons. The lowest BCUT2D eigenvalue weighted by Gasteiger charge is -2.33. The predicted octanol–water partition coefficient (Wildman–Crippen LogP) is 2.55. The second-order valence-corrected chi connectivity index (χ2v) is 6.91. The Kier molecular flexibility index (Phi) is 5.13. The first-order valence-electron chi connectivity index (χ1n) is 8.74. The summed E-state index contributed by atoms with van der Waals surface area (Å²) in [5.74, 6) is 1.65. The lowest BCUT2D eigenvalue weighted by atomic mass is 9.96. The van der Waals surface area contributed by atoms with Crippen molar-refractivity contribution in [2.24, 2.45) is 5.92 Å². The number of pyridine rings is 1. The molecule has 0 unspecified atom stereocenters. The van der Waals surface area contributed by atoms with Gasteiger partial charge < -0.3 is 4.90 Å². The van der Waals surface area contributed by atoms with E-state index in [0.717, 1.165) is 44.0 Å². The van der Waals surface area contributed by atoms with E-state index in [1.165, 1.54) is 0 Å². The number of hydrogen-bond acceptors (Lipinski definition) is 5. The number of anilines is 1. The first-order valence-corrected chi connectivity index (χ1v) is 8.74. The summed E-state index contributed by atoms with van der Waals surface area (Å²) in [5.41, 5.74) is 1.47. The summed E-state index contributed by atoms with van der Waals surface area (Å²) in [6, 6.07) is 7.44. The van der Waals surface area contributed by atoms with Crippen molar-refractivity contribution < 1.29 is 0 Å². The van der Waals surface area contributed by atoms with Gasteiger partial charge in [0.15, 0.2) is 0 Å². The Hall–Kier alpha value is -2.68. The first-order chi connectivity index (χ1) is 12.1. The van der Waals surface area contributed by atoms with Crippen molar-refractivity contribution in [3.05, 3.63) is 52.3 Å². The standard InChI is InChI=1S/C19H23N5O/c1-14(2)17-9-19(25)24(13-22-17)12-15-5-7-23(8-6-15)18-4-3-16(10-20)11-21-18/h3-4,9,11,13-15H,5-8,12H2,1-2H3. The summed E-state index contributed by atoms with van der Waals surface area (Å²) >= 11 is 0. The van der Waals surface area contributed by atoms with Crippen LogP contribution in [0.4, 0.5) is 5.82 Å². The second-order valence-electron chi connectivity index (χ2n) is 6.91. The molecule has 1 saturated heterocycles. The summed E-state index contributed by atoms with van der Waals surface area (Å²) in [6.45, 7) is 6.63. The van der Waals surface area contributed by atoms with Crippen LogP contribution in [0, 0.1) is 17.2 Å². The van der Waals surface area contributed by atoms with Crippen LogP contribution < -0.4 is 10.5 Å². The van der Waals surface area contributed by atoms with Crippen molar-refractivity contribution in [2.75, 3.05) is 18.0 Å². The predicted molar refractivity (Wildman–Crippen MR) is 96.5 cm³/mol. The Morgan fingerprint density at radius 1 is 1.28 bits per heavy atom. The minimum atomic E-state index is 0.0369. The number of nitriles is 1. The third-order valence-electron chi connectivity index (χ3n) is 4.76. The van der Waals surface area contributed by atoms with Gasteiger partial charge in [0.05, 0.1) is 17.6 Å². The van der Waals surface area contributed by atoms with Crippen LogP contribution in [0.3, 0.4) is 0 Å². The molecule has 0 saturated carbocycles. The molecule has 2 aromatic rings. The van der Waals surface area contributed by atoms with Gasteiger partial charge in [-0.1, -0.05) is 13.8 Å². The summed E-state index contributed by atoms with van der Waals surface area (Å²) in [6.07, 6.45) is 5.33. The Morgan fingerprint density at radius 2 is 2.04 bits per heavy atom. The van der Waals surface area contributed by atoms with Gasteiger partial charge >= 0.3 is 0 Å². The molecule has 1 aliphatic rings. The van der Waals surface area contributed by atoms with Crippen LogP contribution in [0.15, 0.2) is 35.5 Å². The van der Waals surface area contributed by atoms with Crippen molar-refractivity contribution in [3.8, 4) is 6.07 Å². The van der Waals surface area contributed by atoms with Crippen molar-refractivity contribution in [3.63, 3.8) is 0 Å². The van der Waals surface area contributed by atoms with Crippen LogP contribution in [0.5, 0.6) is 0 Å². The van der Waals surface area contributed by atoms with Gasteiger partial charge in [-0.05, 0) is 36.8 Å². The highest BCUT2D eigenvalue weighted by atomic mass is 16.1. The molecule has 1 aliphatic heterocycles. The quantitative estimate of drug-likeness (QED) is 0.857. The topological polar surface area (TPSA) is 74.8 Å². The minimum Gasteiger partial charge on any atom is -0.357 e. The molecule has 0 spiro atoms. The molecule has 0 bridgehead atoms. The van der Waals surface area contributed by atoms with Gasteiger partial charge in [0.1, 0.15) is 11.9 Å². The number of hydrogen-bond donors (Lipinski definition) is 0. The van der Waals surface area contributed by atoms with Gasteiger partial charge in [-0.25, -0.2) is 9.97 Å². The third-order valence-corrected chi connectivity index (χ3v) is 4.76. The van der Waals surface area contributed by atoms with E-state index in [2.05, 4.69) is 20.9 Å². The van der Waals surface area contributed by atoms with E-state index in [1.54, 1.807) is 29.2 Å². The van der Waals surface area contributed by atoms with E-state index in [4.69, 9.17) is 5.26 Å². The molecule has 0 amide bonds. The van der Waals surface area contributed by atoms with E-state index in [0.29, 0.717) is 11.5 Å². The average molecular weight is 337 g/mol. The Morgan fingerprint density at radius 3 is 2.60 bits per heavy atom. The molecule has 0 N–H and O–H groups in total. The fourth-order valence-electron chi connectivity index (χ4n) is 3.15. The Bertz CT molecular complexity index is 811. The molecule has 3 heterocycles. The third kappa shape index (κ3) is 4.05. The molecule has 0 radical (unpaired) electrons. The highest BCUT2D eigenvalue weighted by molar-refractivity contribution is 5.42. The zero-order valence-electron chi connectivity index (χ0n) is 14.7. The molecule has 2 aromatic heterocycles. The maximum absolute atomic E-state index is 12.2. The van der Waals surface area contributed by atoms with E-state index < -0.39 is 0 Å². The number of rotatable bonds is 4. The van der Waals surface area contributed by atoms with Crippen LogP contribution in [0.25, 0.3) is 0 Å². The van der Waals surface area contributed by atoms with Gasteiger partial charge in [0.25, 0.3) is 5.56 Å². The number of nitrogens with zero attached hydrogens (tertiary/aromatic N) is 5. The highest BCUT2D eigenvalue weighted by Gasteiger charge is 2.21. The zero-order chi connectivity index (χ0) is 17.8. The molecule has 25 heavy (non-hydrogen) atoms. The maximum Gasteiger partial charge on any atom is 0.253 e. The Labute approximate surface area is 147 Å². The lowest BCUT2D eigenvalue weighted by Crippen LogP contribution is -2.36. The van der Waals surface area contributed by atoms with Crippen LogP contribution >= 0.6 is 0 Å². The lowest BCUT2D eigenvalue weighted by molar-refractivity contribution is 0.349. The molecule has 6 heteroatoms. The minimum absolute atomic E-state index is 0.0369. The Balaban J connectivity index is 1.59. The van der Waals surface area contributed by atoms with Crippen molar-refractivity contribution in [1.82, 2.24) is 14.5 Å². The van der Waals surface area contributed by atoms with Crippen molar-refractivity contribution in [2.45, 2.75) is 39.2 Å². The molecule has 0 aliphatic carbocycles. The largest absolute Gasteiger partial charge is 0.357 e. The van der Waals surface area contributed by atoms with Crippen LogP contribution in [-0.2, 0) is 6.54 Å². The number of aromatic nitrogens is 3. The zero-order valence-corrected chi connectivity index (χ0v) is 14.7. The van der Waals surface area contributed by atoms with Gasteiger partial charge in [-0.2, -0.15) is 5.26 Å². The molecule has 6 nitrogen and oxygen atoms in total. The van der Waals surface area contributed by atoms with E-state index >= 15 is 0 Å². The second kappa shape index (κ2) is 7.47. The molecule has 0 aromatic carbocycles. The van der Waals surface area contributed by atoms with Gasteiger partial charge in [-0.3, -0.25) is 9.36 Å². The molecular formula is C19H23N5O. The normalized spacial score (nSPS) is 15.4. The van der Waals surface area contributed by atoms with Crippen LogP contribution in [0.1, 0.15) is 43.9 Å². The number of piperidine rings is 1. The monoisotopic (exact) mass is 337 g/mol. The van der Waals surface area contributed by atoms with Crippen LogP contribution in [0.2, 0.25) is 0 Å². The molecule has 3 rings (SSSR count). The van der Waals surface area contributed by atoms with E-state index in [-0.39, 0.29) is 11.5 Å². The van der Waals surface area contributed by atoms with E-state index in [9.17, 15) is 4.79 Å². The smallest absolute Gasteiger partial charge is 0.253 e. The summed E-state index contributed by atoms with van der Waals surface area (Å²) < 4.78 is 1.73. The fraction of sp³-hybridized carbons (Fsp3) is 0.474. The first kappa shape index (κ1) is 17.2. The summed E-state index contributed by atoms with van der Waals surface area (Å²) in [7, 11) is 0. The maximum atomic E-state index is 12.2. The summed E-state index contributed by atoms with van der Waals surface area (Å²) in [5, 5.41) is 8.85. The summed E-state index contributed by atoms with van der Waals surface area (Å²) in [4.78, 5) is 23.2. The van der Waals surface area contributed by atoms with Crippen LogP contribution in [-0.4, -0.2) is 27.6 Å². The van der Waals surface area contributed by atoms with E-state index in [1.807, 2.05) is 19.9 Å². The molecule has 0 atom stereocenters. The average Bonchev–Trinajstić information content (AvgIpc) is 2.64. The van der Waals surface area contributed by atoms with Crippen molar-refractivity contribution >= 4 is 5.82 Å². The van der Waals surface area contributed by atoms with Gasteiger partial charge in [0.2, 0.25) is 0 Å². The highest BCUT2D eigenvalue weighted by Crippen LogP contribution is 2.22. The molecule has 1 fully saturated rings. The molecular weight excluding hydrogens is 314 g/mol. The fourth-order valence-corrected chi connectivity index (χ4v) is 3.15. The van der Waals surface area contributed by atoms with Gasteiger partial charge in [-0.15, -0.1) is 0 Å². The SMILES string of the molecule is CC(C)c1cc(=O)n(CC2CCN(c3ccc(C#N)cn3)CC2)cn1. The van der Waals surface area contributed by atoms with Crippen molar-refractivity contribution in [1.29, 1.82) is 5.26 Å². The van der Waals surface area contributed by atoms with Gasteiger partial charge in [0, 0.05) is 31.9 Å².